The molecular formula is C13H17NO5S. The van der Waals surface area contributed by atoms with Crippen molar-refractivity contribution < 1.29 is 23.1 Å². The van der Waals surface area contributed by atoms with Gasteiger partial charge in [-0.1, -0.05) is 6.92 Å². The van der Waals surface area contributed by atoms with Crippen LogP contribution >= 0.6 is 0 Å². The molecule has 0 fully saturated rings. The van der Waals surface area contributed by atoms with Gasteiger partial charge in [0.05, 0.1) is 12.2 Å². The Morgan fingerprint density at radius 3 is 2.25 bits per heavy atom. The van der Waals surface area contributed by atoms with E-state index in [0.717, 1.165) is 0 Å². The van der Waals surface area contributed by atoms with Crippen molar-refractivity contribution in [2.24, 2.45) is 0 Å². The van der Waals surface area contributed by atoms with Crippen LogP contribution in [0.4, 0.5) is 5.69 Å². The molecule has 0 heterocycles. The van der Waals surface area contributed by atoms with Gasteiger partial charge in [0, 0.05) is 17.7 Å². The predicted molar refractivity (Wildman–Crippen MR) is 75.3 cm³/mol. The second-order valence-corrected chi connectivity index (χ2v) is 6.16. The molecule has 6 nitrogen and oxygen atoms in total. The van der Waals surface area contributed by atoms with E-state index in [2.05, 4.69) is 4.72 Å². The van der Waals surface area contributed by atoms with Crippen LogP contribution in [0.5, 0.6) is 0 Å². The molecule has 0 atom stereocenters. The van der Waals surface area contributed by atoms with Crippen LogP contribution in [0.3, 0.4) is 0 Å². The zero-order valence-corrected chi connectivity index (χ0v) is 11.9. The van der Waals surface area contributed by atoms with Crippen molar-refractivity contribution in [2.75, 3.05) is 10.5 Å². The van der Waals surface area contributed by atoms with E-state index in [1.165, 1.54) is 24.3 Å². The number of rotatable bonds is 8. The number of Topliss-reactive ketones (excluding diaryl/α,β-unsaturated/α-hetero) is 1. The van der Waals surface area contributed by atoms with Gasteiger partial charge in [-0.15, -0.1) is 0 Å². The maximum absolute atomic E-state index is 11.6. The second kappa shape index (κ2) is 7.04. The number of hydrogen-bond donors (Lipinski definition) is 2. The number of carboxylic acids is 1. The summed E-state index contributed by atoms with van der Waals surface area (Å²) in [6.07, 6.45) is 0.223. The number of ketones is 1. The molecular weight excluding hydrogens is 282 g/mol. The number of anilines is 1. The van der Waals surface area contributed by atoms with Gasteiger partial charge >= 0.3 is 5.97 Å². The van der Waals surface area contributed by atoms with Gasteiger partial charge in [0.15, 0.2) is 5.78 Å². The van der Waals surface area contributed by atoms with Gasteiger partial charge in [0.2, 0.25) is 10.0 Å². The Kier molecular flexibility index (Phi) is 5.69. The molecule has 0 aliphatic heterocycles. The van der Waals surface area contributed by atoms with E-state index in [9.17, 15) is 18.0 Å². The number of carboxylic acid groups (broad SMARTS) is 1. The minimum Gasteiger partial charge on any atom is -0.481 e. The van der Waals surface area contributed by atoms with Crippen molar-refractivity contribution >= 4 is 27.5 Å². The van der Waals surface area contributed by atoms with E-state index in [1.807, 2.05) is 0 Å². The van der Waals surface area contributed by atoms with Gasteiger partial charge < -0.3 is 5.11 Å². The molecule has 0 aliphatic carbocycles. The van der Waals surface area contributed by atoms with Crippen LogP contribution in [0.15, 0.2) is 24.3 Å². The number of carbonyl (C=O) groups is 2. The lowest BCUT2D eigenvalue weighted by Crippen LogP contribution is -2.16. The third-order valence-electron chi connectivity index (χ3n) is 2.52. The van der Waals surface area contributed by atoms with Crippen molar-refractivity contribution in [3.63, 3.8) is 0 Å². The summed E-state index contributed by atoms with van der Waals surface area (Å²) in [4.78, 5) is 22.0. The lowest BCUT2D eigenvalue weighted by Gasteiger charge is -2.07. The van der Waals surface area contributed by atoms with E-state index in [-0.39, 0.29) is 24.4 Å². The lowest BCUT2D eigenvalue weighted by molar-refractivity contribution is -0.136. The molecule has 2 N–H and O–H groups in total. The molecule has 1 aromatic carbocycles. The summed E-state index contributed by atoms with van der Waals surface area (Å²) >= 11 is 0. The first-order chi connectivity index (χ1) is 9.34. The fourth-order valence-electron chi connectivity index (χ4n) is 1.59. The highest BCUT2D eigenvalue weighted by molar-refractivity contribution is 7.92. The minimum absolute atomic E-state index is 0.0340. The summed E-state index contributed by atoms with van der Waals surface area (Å²) in [6.45, 7) is 1.77. The van der Waals surface area contributed by atoms with Crippen LogP contribution in [0, 0.1) is 0 Å². The van der Waals surface area contributed by atoms with Crippen molar-refractivity contribution in [1.29, 1.82) is 0 Å². The molecule has 0 radical (unpaired) electrons. The molecule has 0 bridgehead atoms. The van der Waals surface area contributed by atoms with Crippen LogP contribution in [-0.4, -0.2) is 31.0 Å². The third-order valence-corrected chi connectivity index (χ3v) is 4.01. The Hall–Kier alpha value is -1.89. The molecule has 0 spiro atoms. The molecule has 7 heteroatoms. The summed E-state index contributed by atoms with van der Waals surface area (Å²) in [7, 11) is -3.35. The summed E-state index contributed by atoms with van der Waals surface area (Å²) in [5, 5.41) is 8.50. The van der Waals surface area contributed by atoms with E-state index in [4.69, 9.17) is 5.11 Å². The largest absolute Gasteiger partial charge is 0.481 e. The highest BCUT2D eigenvalue weighted by Crippen LogP contribution is 2.13. The number of sulfonamides is 1. The Balaban J connectivity index is 2.69. The van der Waals surface area contributed by atoms with Gasteiger partial charge in [-0.25, -0.2) is 8.42 Å². The first-order valence-corrected chi connectivity index (χ1v) is 7.85. The van der Waals surface area contributed by atoms with Crippen molar-refractivity contribution in [3.8, 4) is 0 Å². The molecule has 0 amide bonds. The van der Waals surface area contributed by atoms with Crippen LogP contribution in [0.2, 0.25) is 0 Å². The average Bonchev–Trinajstić information content (AvgIpc) is 2.36. The summed E-state index contributed by atoms with van der Waals surface area (Å²) in [5.74, 6) is -1.27. The third kappa shape index (κ3) is 5.40. The van der Waals surface area contributed by atoms with E-state index >= 15 is 0 Å². The van der Waals surface area contributed by atoms with Crippen LogP contribution < -0.4 is 4.72 Å². The quantitative estimate of drug-likeness (QED) is 0.714. The molecule has 0 saturated carbocycles. The zero-order chi connectivity index (χ0) is 15.2. The van der Waals surface area contributed by atoms with Gasteiger partial charge in [0.1, 0.15) is 0 Å². The molecule has 0 aliphatic rings. The van der Waals surface area contributed by atoms with Crippen LogP contribution in [0.25, 0.3) is 0 Å². The average molecular weight is 299 g/mol. The SMILES string of the molecule is CCCS(=O)(=O)Nc1ccc(C(=O)CCC(=O)O)cc1. The Labute approximate surface area is 117 Å². The standard InChI is InChI=1S/C13H17NO5S/c1-2-9-20(18,19)14-11-5-3-10(4-6-11)12(15)7-8-13(16)17/h3-6,14H,2,7-9H2,1H3,(H,16,17). The first kappa shape index (κ1) is 16.2. The molecule has 0 aromatic heterocycles. The Morgan fingerprint density at radius 1 is 1.15 bits per heavy atom. The predicted octanol–water partition coefficient (Wildman–Crippen LogP) is 1.89. The smallest absolute Gasteiger partial charge is 0.303 e. The molecule has 0 unspecified atom stereocenters. The topological polar surface area (TPSA) is 101 Å². The minimum atomic E-state index is -3.35. The normalized spacial score (nSPS) is 11.1. The van der Waals surface area contributed by atoms with Gasteiger partial charge in [0.25, 0.3) is 0 Å². The number of aliphatic carboxylic acids is 1. The van der Waals surface area contributed by atoms with E-state index < -0.39 is 16.0 Å². The molecule has 110 valence electrons. The maximum atomic E-state index is 11.6. The second-order valence-electron chi connectivity index (χ2n) is 4.32. The molecule has 1 aromatic rings. The number of hydrogen-bond acceptors (Lipinski definition) is 4. The monoisotopic (exact) mass is 299 g/mol. The van der Waals surface area contributed by atoms with Gasteiger partial charge in [-0.3, -0.25) is 14.3 Å². The summed E-state index contributed by atoms with van der Waals surface area (Å²) in [5.41, 5.74) is 0.748. The Bertz CT molecular complexity index is 577. The number of nitrogens with one attached hydrogen (secondary N) is 1. The molecule has 1 rings (SSSR count). The number of benzene rings is 1. The summed E-state index contributed by atoms with van der Waals surface area (Å²) < 4.78 is 25.5. The first-order valence-electron chi connectivity index (χ1n) is 6.19. The number of carbonyl (C=O) groups excluding carboxylic acids is 1. The fourth-order valence-corrected chi connectivity index (χ4v) is 2.72. The van der Waals surface area contributed by atoms with Crippen molar-refractivity contribution in [1.82, 2.24) is 0 Å². The molecule has 0 saturated heterocycles. The molecule has 20 heavy (non-hydrogen) atoms. The highest BCUT2D eigenvalue weighted by Gasteiger charge is 2.11. The van der Waals surface area contributed by atoms with E-state index in [1.54, 1.807) is 6.92 Å². The summed E-state index contributed by atoms with van der Waals surface area (Å²) in [6, 6.07) is 5.93. The highest BCUT2D eigenvalue weighted by atomic mass is 32.2. The van der Waals surface area contributed by atoms with E-state index in [0.29, 0.717) is 17.7 Å². The van der Waals surface area contributed by atoms with Gasteiger partial charge in [-0.05, 0) is 30.7 Å². The lowest BCUT2D eigenvalue weighted by atomic mass is 10.1. The van der Waals surface area contributed by atoms with Gasteiger partial charge in [-0.2, -0.15) is 0 Å². The Morgan fingerprint density at radius 2 is 1.75 bits per heavy atom. The van der Waals surface area contributed by atoms with Crippen molar-refractivity contribution in [3.05, 3.63) is 29.8 Å². The van der Waals surface area contributed by atoms with Crippen molar-refractivity contribution in [2.45, 2.75) is 26.2 Å². The maximum Gasteiger partial charge on any atom is 0.303 e. The van der Waals surface area contributed by atoms with Crippen LogP contribution in [-0.2, 0) is 14.8 Å². The fraction of sp³-hybridized carbons (Fsp3) is 0.385. The van der Waals surface area contributed by atoms with Crippen LogP contribution in [0.1, 0.15) is 36.5 Å². The zero-order valence-electron chi connectivity index (χ0n) is 11.1.